The second-order valence-electron chi connectivity index (χ2n) is 7.86. The Kier molecular flexibility index (Phi) is 6.49. The van der Waals surface area contributed by atoms with Gasteiger partial charge in [0.05, 0.1) is 4.90 Å². The molecule has 0 saturated heterocycles. The number of rotatable bonds is 9. The van der Waals surface area contributed by atoms with Crippen LogP contribution in [-0.2, 0) is 29.4 Å². The number of aryl methyl sites for hydroxylation is 2. The van der Waals surface area contributed by atoms with Crippen LogP contribution in [0, 0.1) is 0 Å². The Labute approximate surface area is 183 Å². The van der Waals surface area contributed by atoms with E-state index in [1.54, 1.807) is 24.3 Å². The van der Waals surface area contributed by atoms with E-state index in [0.29, 0.717) is 12.1 Å². The van der Waals surface area contributed by atoms with Gasteiger partial charge in [-0.1, -0.05) is 60.7 Å². The lowest BCUT2D eigenvalue weighted by atomic mass is 9.99. The van der Waals surface area contributed by atoms with Crippen molar-refractivity contribution in [1.82, 2.24) is 10.0 Å². The summed E-state index contributed by atoms with van der Waals surface area (Å²) < 4.78 is 27.2. The van der Waals surface area contributed by atoms with Crippen LogP contribution in [0.15, 0.2) is 83.8 Å². The molecule has 31 heavy (non-hydrogen) atoms. The average Bonchev–Trinajstić information content (AvgIpc) is 3.60. The number of carbonyl (C=O) groups excluding carboxylic acids is 1. The van der Waals surface area contributed by atoms with E-state index in [-0.39, 0.29) is 16.8 Å². The van der Waals surface area contributed by atoms with Gasteiger partial charge in [-0.15, -0.1) is 0 Å². The van der Waals surface area contributed by atoms with Crippen LogP contribution < -0.4 is 10.0 Å². The highest BCUT2D eigenvalue weighted by molar-refractivity contribution is 7.89. The van der Waals surface area contributed by atoms with Crippen molar-refractivity contribution in [3.8, 4) is 0 Å². The van der Waals surface area contributed by atoms with Crippen LogP contribution in [0.1, 0.15) is 39.9 Å². The van der Waals surface area contributed by atoms with Crippen molar-refractivity contribution in [1.29, 1.82) is 0 Å². The molecule has 0 heterocycles. The molecule has 1 aliphatic carbocycles. The molecule has 160 valence electrons. The second-order valence-corrected chi connectivity index (χ2v) is 9.58. The lowest BCUT2D eigenvalue weighted by Gasteiger charge is -2.11. The third kappa shape index (κ3) is 5.81. The molecule has 0 unspecified atom stereocenters. The highest BCUT2D eigenvalue weighted by Gasteiger charge is 2.27. The molecule has 4 rings (SSSR count). The number of benzene rings is 3. The Bertz CT molecular complexity index is 1140. The SMILES string of the molecule is O=C(NCc1ccc(S(=O)(=O)NC2CC2)cc1)c1ccccc1CCc1ccccc1. The Morgan fingerprint density at radius 1 is 0.806 bits per heavy atom. The molecule has 0 radical (unpaired) electrons. The van der Waals surface area contributed by atoms with Gasteiger partial charge in [0.25, 0.3) is 5.91 Å². The first-order valence-corrected chi connectivity index (χ1v) is 12.0. The van der Waals surface area contributed by atoms with Crippen molar-refractivity contribution in [2.24, 2.45) is 0 Å². The zero-order valence-electron chi connectivity index (χ0n) is 17.3. The van der Waals surface area contributed by atoms with Crippen molar-refractivity contribution in [2.45, 2.75) is 43.2 Å². The molecule has 3 aromatic rings. The zero-order chi connectivity index (χ0) is 21.7. The maximum Gasteiger partial charge on any atom is 0.251 e. The molecular weight excluding hydrogens is 408 g/mol. The Morgan fingerprint density at radius 3 is 2.19 bits per heavy atom. The van der Waals surface area contributed by atoms with Crippen LogP contribution in [-0.4, -0.2) is 20.4 Å². The van der Waals surface area contributed by atoms with E-state index in [1.165, 1.54) is 5.56 Å². The molecule has 3 aromatic carbocycles. The van der Waals surface area contributed by atoms with Gasteiger partial charge in [-0.2, -0.15) is 0 Å². The summed E-state index contributed by atoms with van der Waals surface area (Å²) in [6.07, 6.45) is 3.45. The Morgan fingerprint density at radius 2 is 1.48 bits per heavy atom. The molecule has 2 N–H and O–H groups in total. The molecular formula is C25H26N2O3S. The van der Waals surface area contributed by atoms with Crippen molar-refractivity contribution in [2.75, 3.05) is 0 Å². The van der Waals surface area contributed by atoms with Gasteiger partial charge in [-0.05, 0) is 60.6 Å². The number of nitrogens with one attached hydrogen (secondary N) is 2. The molecule has 1 saturated carbocycles. The van der Waals surface area contributed by atoms with Crippen molar-refractivity contribution in [3.05, 3.63) is 101 Å². The molecule has 5 nitrogen and oxygen atoms in total. The van der Waals surface area contributed by atoms with Gasteiger partial charge in [-0.25, -0.2) is 13.1 Å². The van der Waals surface area contributed by atoms with Crippen molar-refractivity contribution < 1.29 is 13.2 Å². The molecule has 1 aliphatic rings. The standard InChI is InChI=1S/C25H26N2O3S/c28-25(24-9-5-4-8-21(24)13-10-19-6-2-1-3-7-19)26-18-20-11-16-23(17-12-20)31(29,30)27-22-14-15-22/h1-9,11-12,16-17,22,27H,10,13-15,18H2,(H,26,28). The van der Waals surface area contributed by atoms with Crippen molar-refractivity contribution >= 4 is 15.9 Å². The largest absolute Gasteiger partial charge is 0.348 e. The normalized spacial score (nSPS) is 13.7. The summed E-state index contributed by atoms with van der Waals surface area (Å²) in [6, 6.07) is 24.6. The minimum atomic E-state index is -3.46. The van der Waals surface area contributed by atoms with Crippen LogP contribution in [0.3, 0.4) is 0 Å². The topological polar surface area (TPSA) is 75.3 Å². The fraction of sp³-hybridized carbons (Fsp3) is 0.240. The van der Waals surface area contributed by atoms with Crippen LogP contribution in [0.2, 0.25) is 0 Å². The summed E-state index contributed by atoms with van der Waals surface area (Å²) in [5, 5.41) is 2.95. The summed E-state index contributed by atoms with van der Waals surface area (Å²) in [5.74, 6) is -0.129. The molecule has 0 aliphatic heterocycles. The summed E-state index contributed by atoms with van der Waals surface area (Å²) >= 11 is 0. The number of hydrogen-bond acceptors (Lipinski definition) is 3. The Hall–Kier alpha value is -2.96. The van der Waals surface area contributed by atoms with Crippen LogP contribution in [0.4, 0.5) is 0 Å². The van der Waals surface area contributed by atoms with E-state index in [1.807, 2.05) is 42.5 Å². The monoisotopic (exact) mass is 434 g/mol. The van der Waals surface area contributed by atoms with Gasteiger partial charge < -0.3 is 5.32 Å². The first-order valence-electron chi connectivity index (χ1n) is 10.5. The summed E-state index contributed by atoms with van der Waals surface area (Å²) in [4.78, 5) is 13.0. The number of carbonyl (C=O) groups is 1. The third-order valence-electron chi connectivity index (χ3n) is 5.37. The maximum absolute atomic E-state index is 12.8. The average molecular weight is 435 g/mol. The summed E-state index contributed by atoms with van der Waals surface area (Å²) in [7, 11) is -3.46. The van der Waals surface area contributed by atoms with Gasteiger partial charge in [0.2, 0.25) is 10.0 Å². The molecule has 0 atom stereocenters. The van der Waals surface area contributed by atoms with E-state index >= 15 is 0 Å². The van der Waals surface area contributed by atoms with Gasteiger partial charge in [0.15, 0.2) is 0 Å². The Balaban J connectivity index is 1.36. The summed E-state index contributed by atoms with van der Waals surface area (Å²) in [6.45, 7) is 0.336. The van der Waals surface area contributed by atoms with E-state index in [0.717, 1.165) is 36.8 Å². The first-order chi connectivity index (χ1) is 15.0. The minimum absolute atomic E-state index is 0.0749. The lowest BCUT2D eigenvalue weighted by molar-refractivity contribution is 0.0950. The van der Waals surface area contributed by atoms with Crippen molar-refractivity contribution in [3.63, 3.8) is 0 Å². The second kappa shape index (κ2) is 9.45. The third-order valence-corrected chi connectivity index (χ3v) is 6.91. The van der Waals surface area contributed by atoms with Gasteiger partial charge >= 0.3 is 0 Å². The summed E-state index contributed by atoms with van der Waals surface area (Å²) in [5.41, 5.74) is 3.77. The fourth-order valence-corrected chi connectivity index (χ4v) is 4.74. The van der Waals surface area contributed by atoms with Crippen LogP contribution >= 0.6 is 0 Å². The highest BCUT2D eigenvalue weighted by Crippen LogP contribution is 2.22. The zero-order valence-corrected chi connectivity index (χ0v) is 18.1. The molecule has 0 bridgehead atoms. The quantitative estimate of drug-likeness (QED) is 0.537. The predicted octanol–water partition coefficient (Wildman–Crippen LogP) is 3.84. The van der Waals surface area contributed by atoms with E-state index < -0.39 is 10.0 Å². The van der Waals surface area contributed by atoms with Crippen LogP contribution in [0.5, 0.6) is 0 Å². The fourth-order valence-electron chi connectivity index (χ4n) is 3.44. The predicted molar refractivity (Wildman–Crippen MR) is 121 cm³/mol. The van der Waals surface area contributed by atoms with Crippen LogP contribution in [0.25, 0.3) is 0 Å². The molecule has 1 fully saturated rings. The van der Waals surface area contributed by atoms with Gasteiger partial charge in [0, 0.05) is 18.2 Å². The molecule has 0 spiro atoms. The lowest BCUT2D eigenvalue weighted by Crippen LogP contribution is -2.26. The number of hydrogen-bond donors (Lipinski definition) is 2. The smallest absolute Gasteiger partial charge is 0.251 e. The minimum Gasteiger partial charge on any atom is -0.348 e. The van der Waals surface area contributed by atoms with Gasteiger partial charge in [-0.3, -0.25) is 4.79 Å². The van der Waals surface area contributed by atoms with Gasteiger partial charge in [0.1, 0.15) is 0 Å². The number of amides is 1. The number of sulfonamides is 1. The maximum atomic E-state index is 12.8. The highest BCUT2D eigenvalue weighted by atomic mass is 32.2. The van der Waals surface area contributed by atoms with E-state index in [2.05, 4.69) is 22.2 Å². The first kappa shape index (κ1) is 21.3. The molecule has 6 heteroatoms. The molecule has 0 aromatic heterocycles. The van der Waals surface area contributed by atoms with E-state index in [4.69, 9.17) is 0 Å². The molecule has 1 amide bonds. The van der Waals surface area contributed by atoms with E-state index in [9.17, 15) is 13.2 Å².